The average Bonchev–Trinajstić information content (AvgIpc) is 3.17. The molecule has 3 aromatic carbocycles. The molecule has 1 heterocycles. The van der Waals surface area contributed by atoms with Gasteiger partial charge in [0.2, 0.25) is 0 Å². The third-order valence-corrected chi connectivity index (χ3v) is 7.51. The van der Waals surface area contributed by atoms with Crippen LogP contribution < -0.4 is 14.8 Å². The molecule has 2 amide bonds. The van der Waals surface area contributed by atoms with Crippen LogP contribution in [0.4, 0.5) is 5.69 Å². The quantitative estimate of drug-likeness (QED) is 0.223. The van der Waals surface area contributed by atoms with Gasteiger partial charge in [-0.05, 0) is 67.3 Å². The fourth-order valence-electron chi connectivity index (χ4n) is 3.74. The fraction of sp³-hybridized carbons (Fsp3) is 0.207. The summed E-state index contributed by atoms with van der Waals surface area (Å²) < 4.78 is 12.0. The van der Waals surface area contributed by atoms with Crippen molar-refractivity contribution in [2.45, 2.75) is 20.3 Å². The van der Waals surface area contributed by atoms with Crippen LogP contribution >= 0.6 is 35.6 Å². The normalized spacial score (nSPS) is 14.2. The predicted octanol–water partition coefficient (Wildman–Crippen LogP) is 6.51. The van der Waals surface area contributed by atoms with E-state index in [0.717, 1.165) is 23.1 Å². The van der Waals surface area contributed by atoms with E-state index in [1.807, 2.05) is 56.3 Å². The van der Waals surface area contributed by atoms with Crippen molar-refractivity contribution < 1.29 is 19.1 Å². The molecule has 0 saturated carbocycles. The van der Waals surface area contributed by atoms with Gasteiger partial charge >= 0.3 is 0 Å². The van der Waals surface area contributed by atoms with Crippen molar-refractivity contribution in [2.75, 3.05) is 25.1 Å². The largest absolute Gasteiger partial charge is 0.490 e. The number of ether oxygens (including phenoxy) is 2. The Morgan fingerprint density at radius 1 is 1.08 bits per heavy atom. The van der Waals surface area contributed by atoms with E-state index in [1.165, 1.54) is 11.8 Å². The number of halogens is 1. The Morgan fingerprint density at radius 2 is 1.87 bits per heavy atom. The molecular formula is C29H27ClN2O4S2. The standard InChI is InChI=1S/C29H27ClN2O4S2/c1-3-35-25-15-21(10-12-24(25)36-18-27(33)31-22-11-9-19(2)23(30)17-22)16-26-28(34)32(29(37)38-26)14-13-20-7-5-4-6-8-20/h4-12,15-17H,3,13-14,18H2,1-2H3,(H,31,33)/b26-16-. The van der Waals surface area contributed by atoms with Gasteiger partial charge < -0.3 is 14.8 Å². The Morgan fingerprint density at radius 3 is 2.61 bits per heavy atom. The van der Waals surface area contributed by atoms with Gasteiger partial charge in [0.05, 0.1) is 11.5 Å². The monoisotopic (exact) mass is 566 g/mol. The Hall–Kier alpha value is -3.33. The van der Waals surface area contributed by atoms with Crippen LogP contribution in [0.3, 0.4) is 0 Å². The molecule has 1 aliphatic rings. The molecule has 4 rings (SSSR count). The maximum Gasteiger partial charge on any atom is 0.266 e. The van der Waals surface area contributed by atoms with E-state index in [2.05, 4.69) is 5.32 Å². The molecule has 1 fully saturated rings. The Labute approximate surface area is 237 Å². The summed E-state index contributed by atoms with van der Waals surface area (Å²) in [6.07, 6.45) is 2.52. The van der Waals surface area contributed by atoms with Crippen LogP contribution in [0.25, 0.3) is 6.08 Å². The van der Waals surface area contributed by atoms with Crippen molar-refractivity contribution in [1.29, 1.82) is 0 Å². The molecule has 9 heteroatoms. The van der Waals surface area contributed by atoms with E-state index >= 15 is 0 Å². The van der Waals surface area contributed by atoms with E-state index in [1.54, 1.807) is 35.2 Å². The second kappa shape index (κ2) is 13.0. The average molecular weight is 567 g/mol. The van der Waals surface area contributed by atoms with Crippen molar-refractivity contribution in [3.8, 4) is 11.5 Å². The Bertz CT molecular complexity index is 1380. The molecule has 0 spiro atoms. The number of benzene rings is 3. The lowest BCUT2D eigenvalue weighted by atomic mass is 10.1. The smallest absolute Gasteiger partial charge is 0.266 e. The molecule has 0 unspecified atom stereocenters. The molecule has 3 aromatic rings. The third-order valence-electron chi connectivity index (χ3n) is 5.72. The number of rotatable bonds is 10. The summed E-state index contributed by atoms with van der Waals surface area (Å²) in [7, 11) is 0. The van der Waals surface area contributed by atoms with Crippen molar-refractivity contribution in [3.63, 3.8) is 0 Å². The van der Waals surface area contributed by atoms with Crippen LogP contribution in [-0.2, 0) is 16.0 Å². The SMILES string of the molecule is CCOc1cc(/C=C2\SC(=S)N(CCc3ccccc3)C2=O)ccc1OCC(=O)Nc1ccc(C)c(Cl)c1. The van der Waals surface area contributed by atoms with Crippen LogP contribution in [0.2, 0.25) is 5.02 Å². The van der Waals surface area contributed by atoms with Gasteiger partial charge in [0.1, 0.15) is 4.32 Å². The molecule has 0 radical (unpaired) electrons. The topological polar surface area (TPSA) is 67.9 Å². The summed E-state index contributed by atoms with van der Waals surface area (Å²) in [6, 6.07) is 20.6. The second-order valence-corrected chi connectivity index (χ2v) is 10.6. The van der Waals surface area contributed by atoms with E-state index in [4.69, 9.17) is 33.3 Å². The fourth-order valence-corrected chi connectivity index (χ4v) is 5.23. The number of carbonyl (C=O) groups is 2. The lowest BCUT2D eigenvalue weighted by molar-refractivity contribution is -0.122. The first-order chi connectivity index (χ1) is 18.3. The zero-order valence-electron chi connectivity index (χ0n) is 21.0. The molecule has 38 heavy (non-hydrogen) atoms. The lowest BCUT2D eigenvalue weighted by Gasteiger charge is -2.14. The highest BCUT2D eigenvalue weighted by Gasteiger charge is 2.31. The summed E-state index contributed by atoms with van der Waals surface area (Å²) in [5, 5.41) is 3.34. The summed E-state index contributed by atoms with van der Waals surface area (Å²) in [4.78, 5) is 27.6. The molecule has 0 bridgehead atoms. The number of nitrogens with one attached hydrogen (secondary N) is 1. The third kappa shape index (κ3) is 7.16. The molecular weight excluding hydrogens is 540 g/mol. The maximum atomic E-state index is 13.0. The number of thiocarbonyl (C=S) groups is 1. The molecule has 6 nitrogen and oxygen atoms in total. The molecule has 0 aromatic heterocycles. The Kier molecular flexibility index (Phi) is 9.44. The van der Waals surface area contributed by atoms with Crippen LogP contribution in [0, 0.1) is 6.92 Å². The van der Waals surface area contributed by atoms with Crippen LogP contribution in [0.5, 0.6) is 11.5 Å². The molecule has 1 N–H and O–H groups in total. The zero-order chi connectivity index (χ0) is 27.1. The number of carbonyl (C=O) groups excluding carboxylic acids is 2. The van der Waals surface area contributed by atoms with Gasteiger partial charge in [0.25, 0.3) is 11.8 Å². The number of thioether (sulfide) groups is 1. The van der Waals surface area contributed by atoms with Crippen LogP contribution in [-0.4, -0.2) is 40.8 Å². The first-order valence-corrected chi connectivity index (χ1v) is 13.7. The van der Waals surface area contributed by atoms with Gasteiger partial charge in [-0.15, -0.1) is 0 Å². The zero-order valence-corrected chi connectivity index (χ0v) is 23.4. The first-order valence-electron chi connectivity index (χ1n) is 12.1. The number of amides is 2. The van der Waals surface area contributed by atoms with E-state index < -0.39 is 0 Å². The van der Waals surface area contributed by atoms with Gasteiger partial charge in [-0.1, -0.05) is 78.0 Å². The van der Waals surface area contributed by atoms with E-state index in [9.17, 15) is 9.59 Å². The minimum Gasteiger partial charge on any atom is -0.490 e. The molecule has 196 valence electrons. The minimum absolute atomic E-state index is 0.109. The highest BCUT2D eigenvalue weighted by Crippen LogP contribution is 2.35. The van der Waals surface area contributed by atoms with Crippen molar-refractivity contribution in [1.82, 2.24) is 4.90 Å². The van der Waals surface area contributed by atoms with Gasteiger partial charge in [-0.2, -0.15) is 0 Å². The molecule has 1 saturated heterocycles. The number of aryl methyl sites for hydroxylation is 1. The molecule has 1 aliphatic heterocycles. The highest BCUT2D eigenvalue weighted by molar-refractivity contribution is 8.26. The van der Waals surface area contributed by atoms with Gasteiger partial charge in [0, 0.05) is 17.3 Å². The van der Waals surface area contributed by atoms with Crippen LogP contribution in [0.1, 0.15) is 23.6 Å². The van der Waals surface area contributed by atoms with Gasteiger partial charge in [-0.25, -0.2) is 0 Å². The maximum absolute atomic E-state index is 13.0. The number of hydrogen-bond donors (Lipinski definition) is 1. The summed E-state index contributed by atoms with van der Waals surface area (Å²) >= 11 is 12.9. The van der Waals surface area contributed by atoms with Crippen molar-refractivity contribution >= 4 is 63.5 Å². The van der Waals surface area contributed by atoms with Gasteiger partial charge in [-0.3, -0.25) is 14.5 Å². The summed E-state index contributed by atoms with van der Waals surface area (Å²) in [5.41, 5.74) is 3.44. The minimum atomic E-state index is -0.323. The predicted molar refractivity (Wildman–Crippen MR) is 158 cm³/mol. The highest BCUT2D eigenvalue weighted by atomic mass is 35.5. The van der Waals surface area contributed by atoms with Crippen LogP contribution in [0.15, 0.2) is 71.6 Å². The van der Waals surface area contributed by atoms with Crippen molar-refractivity contribution in [2.24, 2.45) is 0 Å². The van der Waals surface area contributed by atoms with E-state index in [-0.39, 0.29) is 18.4 Å². The Balaban J connectivity index is 1.40. The number of nitrogens with zero attached hydrogens (tertiary/aromatic N) is 1. The molecule has 0 aliphatic carbocycles. The molecule has 0 atom stereocenters. The first kappa shape index (κ1) is 27.7. The summed E-state index contributed by atoms with van der Waals surface area (Å²) in [6.45, 7) is 4.49. The number of anilines is 1. The summed E-state index contributed by atoms with van der Waals surface area (Å²) in [5.74, 6) is 0.473. The lowest BCUT2D eigenvalue weighted by Crippen LogP contribution is -2.30. The van der Waals surface area contributed by atoms with Gasteiger partial charge in [0.15, 0.2) is 18.1 Å². The number of hydrogen-bond acceptors (Lipinski definition) is 6. The van der Waals surface area contributed by atoms with E-state index in [0.29, 0.717) is 44.6 Å². The second-order valence-electron chi connectivity index (χ2n) is 8.51. The van der Waals surface area contributed by atoms with Crippen molar-refractivity contribution in [3.05, 3.63) is 93.3 Å².